The molecule has 23 heavy (non-hydrogen) atoms. The number of barbiturate groups is 1. The minimum absolute atomic E-state index is 0.120. The van der Waals surface area contributed by atoms with Crippen molar-refractivity contribution in [1.82, 2.24) is 10.6 Å². The van der Waals surface area contributed by atoms with Crippen molar-refractivity contribution in [3.63, 3.8) is 0 Å². The number of carbonyl (C=O) groups is 3. The maximum absolute atomic E-state index is 12.9. The Morgan fingerprint density at radius 1 is 1.09 bits per heavy atom. The van der Waals surface area contributed by atoms with Crippen molar-refractivity contribution in [3.05, 3.63) is 30.3 Å². The first-order valence-electron chi connectivity index (χ1n) is 8.05. The lowest BCUT2D eigenvalue weighted by Gasteiger charge is -2.40. The zero-order valence-electron chi connectivity index (χ0n) is 13.2. The molecule has 1 aliphatic heterocycles. The second kappa shape index (κ2) is 6.12. The number of rotatable bonds is 3. The van der Waals surface area contributed by atoms with Gasteiger partial charge in [-0.25, -0.2) is 9.69 Å². The fraction of sp³-hybridized carbons (Fsp3) is 0.471. The van der Waals surface area contributed by atoms with E-state index in [-0.39, 0.29) is 6.04 Å². The molecule has 2 aliphatic rings. The molecule has 1 saturated heterocycles. The SMILES string of the molecule is CC1(NC2CCCCC2)C(=O)NC(=O)N(c2ccccc2)C1=O. The summed E-state index contributed by atoms with van der Waals surface area (Å²) in [5.41, 5.74) is -0.967. The van der Waals surface area contributed by atoms with Crippen LogP contribution in [0.15, 0.2) is 30.3 Å². The van der Waals surface area contributed by atoms with Crippen molar-refractivity contribution in [3.8, 4) is 0 Å². The summed E-state index contributed by atoms with van der Waals surface area (Å²) in [6, 6.07) is 8.07. The van der Waals surface area contributed by atoms with Crippen molar-refractivity contribution in [2.24, 2.45) is 0 Å². The van der Waals surface area contributed by atoms with Gasteiger partial charge in [0.05, 0.1) is 5.69 Å². The quantitative estimate of drug-likeness (QED) is 0.836. The number of hydrogen-bond donors (Lipinski definition) is 2. The van der Waals surface area contributed by atoms with Gasteiger partial charge in [-0.15, -0.1) is 0 Å². The zero-order valence-corrected chi connectivity index (χ0v) is 13.2. The van der Waals surface area contributed by atoms with Gasteiger partial charge in [-0.2, -0.15) is 0 Å². The predicted molar refractivity (Wildman–Crippen MR) is 85.9 cm³/mol. The van der Waals surface area contributed by atoms with Gasteiger partial charge in [0.15, 0.2) is 5.54 Å². The highest BCUT2D eigenvalue weighted by molar-refractivity contribution is 6.32. The number of para-hydroxylation sites is 1. The lowest BCUT2D eigenvalue weighted by molar-refractivity contribution is -0.137. The number of urea groups is 1. The van der Waals surface area contributed by atoms with E-state index in [4.69, 9.17) is 0 Å². The van der Waals surface area contributed by atoms with Gasteiger partial charge in [0.25, 0.3) is 11.8 Å². The standard InChI is InChI=1S/C17H21N3O3/c1-17(19-12-8-4-2-5-9-12)14(21)18-16(23)20(15(17)22)13-10-6-3-7-11-13/h3,6-7,10-12,19H,2,4-5,8-9H2,1H3,(H,18,21,23). The highest BCUT2D eigenvalue weighted by Gasteiger charge is 2.51. The third-order valence-electron chi connectivity index (χ3n) is 4.62. The lowest BCUT2D eigenvalue weighted by Crippen LogP contribution is -2.73. The largest absolute Gasteiger partial charge is 0.335 e. The molecule has 0 radical (unpaired) electrons. The molecule has 2 fully saturated rings. The van der Waals surface area contributed by atoms with E-state index in [1.54, 1.807) is 37.3 Å². The Hall–Kier alpha value is -2.21. The number of hydrogen-bond acceptors (Lipinski definition) is 4. The van der Waals surface area contributed by atoms with E-state index in [1.807, 2.05) is 0 Å². The van der Waals surface area contributed by atoms with Crippen LogP contribution in [0.5, 0.6) is 0 Å². The molecule has 1 aromatic rings. The molecular formula is C17H21N3O3. The van der Waals surface area contributed by atoms with Crippen molar-refractivity contribution in [2.45, 2.75) is 50.6 Å². The Bertz CT molecular complexity index is 625. The van der Waals surface area contributed by atoms with Crippen molar-refractivity contribution in [1.29, 1.82) is 0 Å². The second-order valence-corrected chi connectivity index (χ2v) is 6.34. The van der Waals surface area contributed by atoms with Crippen LogP contribution in [0, 0.1) is 0 Å². The van der Waals surface area contributed by atoms with Gasteiger partial charge in [0, 0.05) is 6.04 Å². The predicted octanol–water partition coefficient (Wildman–Crippen LogP) is 1.95. The molecule has 2 N–H and O–H groups in total. The topological polar surface area (TPSA) is 78.5 Å². The number of carbonyl (C=O) groups excluding carboxylic acids is 3. The van der Waals surface area contributed by atoms with E-state index >= 15 is 0 Å². The summed E-state index contributed by atoms with van der Waals surface area (Å²) >= 11 is 0. The number of imide groups is 2. The van der Waals surface area contributed by atoms with E-state index in [1.165, 1.54) is 6.42 Å². The van der Waals surface area contributed by atoms with Crippen LogP contribution in [0.3, 0.4) is 0 Å². The zero-order chi connectivity index (χ0) is 16.4. The molecule has 1 atom stereocenters. The third kappa shape index (κ3) is 2.86. The first-order valence-corrected chi connectivity index (χ1v) is 8.05. The Balaban J connectivity index is 1.88. The molecule has 1 saturated carbocycles. The number of anilines is 1. The van der Waals surface area contributed by atoms with Crippen molar-refractivity contribution in [2.75, 3.05) is 4.90 Å². The van der Waals surface area contributed by atoms with Crippen LogP contribution < -0.4 is 15.5 Å². The van der Waals surface area contributed by atoms with Crippen molar-refractivity contribution >= 4 is 23.5 Å². The summed E-state index contributed by atoms with van der Waals surface area (Å²) in [5.74, 6) is -1.10. The molecule has 1 aliphatic carbocycles. The van der Waals surface area contributed by atoms with Gasteiger partial charge in [-0.05, 0) is 31.9 Å². The first-order chi connectivity index (χ1) is 11.0. The van der Waals surface area contributed by atoms with Gasteiger partial charge < -0.3 is 0 Å². The summed E-state index contributed by atoms with van der Waals surface area (Å²) in [6.45, 7) is 1.56. The highest BCUT2D eigenvalue weighted by Crippen LogP contribution is 2.26. The maximum atomic E-state index is 12.9. The maximum Gasteiger partial charge on any atom is 0.335 e. The van der Waals surface area contributed by atoms with Crippen LogP contribution in [-0.2, 0) is 9.59 Å². The number of nitrogens with zero attached hydrogens (tertiary/aromatic N) is 1. The van der Waals surface area contributed by atoms with Gasteiger partial charge in [0.2, 0.25) is 0 Å². The monoisotopic (exact) mass is 315 g/mol. The normalized spacial score (nSPS) is 26.3. The van der Waals surface area contributed by atoms with Crippen LogP contribution in [0.4, 0.5) is 10.5 Å². The lowest BCUT2D eigenvalue weighted by atomic mass is 9.89. The average molecular weight is 315 g/mol. The minimum atomic E-state index is -1.42. The Labute approximate surface area is 135 Å². The molecule has 4 amide bonds. The first kappa shape index (κ1) is 15.7. The molecule has 122 valence electrons. The van der Waals surface area contributed by atoms with Crippen LogP contribution in [0.25, 0.3) is 0 Å². The third-order valence-corrected chi connectivity index (χ3v) is 4.62. The van der Waals surface area contributed by atoms with Crippen LogP contribution >= 0.6 is 0 Å². The average Bonchev–Trinajstić information content (AvgIpc) is 2.55. The van der Waals surface area contributed by atoms with E-state index in [9.17, 15) is 14.4 Å². The van der Waals surface area contributed by atoms with E-state index in [0.29, 0.717) is 5.69 Å². The van der Waals surface area contributed by atoms with E-state index < -0.39 is 23.4 Å². The molecule has 6 heteroatoms. The fourth-order valence-corrected chi connectivity index (χ4v) is 3.29. The summed E-state index contributed by atoms with van der Waals surface area (Å²) in [7, 11) is 0. The Morgan fingerprint density at radius 2 is 1.74 bits per heavy atom. The van der Waals surface area contributed by atoms with E-state index in [2.05, 4.69) is 10.6 Å². The Morgan fingerprint density at radius 3 is 2.39 bits per heavy atom. The summed E-state index contributed by atoms with van der Waals surface area (Å²) < 4.78 is 0. The molecular weight excluding hydrogens is 294 g/mol. The van der Waals surface area contributed by atoms with Gasteiger partial charge >= 0.3 is 6.03 Å². The van der Waals surface area contributed by atoms with Crippen LogP contribution in [0.2, 0.25) is 0 Å². The smallest absolute Gasteiger partial charge is 0.293 e. The number of amides is 4. The Kier molecular flexibility index (Phi) is 4.17. The molecule has 1 aromatic carbocycles. The molecule has 0 aromatic heterocycles. The molecule has 0 spiro atoms. The number of benzene rings is 1. The minimum Gasteiger partial charge on any atom is -0.293 e. The molecule has 0 bridgehead atoms. The van der Waals surface area contributed by atoms with Crippen LogP contribution in [0.1, 0.15) is 39.0 Å². The molecule has 1 heterocycles. The van der Waals surface area contributed by atoms with Gasteiger partial charge in [0.1, 0.15) is 0 Å². The molecule has 3 rings (SSSR count). The van der Waals surface area contributed by atoms with Gasteiger partial charge in [-0.1, -0.05) is 37.5 Å². The van der Waals surface area contributed by atoms with Crippen LogP contribution in [-0.4, -0.2) is 29.4 Å². The van der Waals surface area contributed by atoms with Crippen molar-refractivity contribution < 1.29 is 14.4 Å². The summed E-state index contributed by atoms with van der Waals surface area (Å²) in [6.07, 6.45) is 5.24. The van der Waals surface area contributed by atoms with Gasteiger partial charge in [-0.3, -0.25) is 20.2 Å². The summed E-state index contributed by atoms with van der Waals surface area (Å²) in [5, 5.41) is 5.50. The summed E-state index contributed by atoms with van der Waals surface area (Å²) in [4.78, 5) is 38.4. The highest BCUT2D eigenvalue weighted by atomic mass is 16.2. The fourth-order valence-electron chi connectivity index (χ4n) is 3.29. The molecule has 1 unspecified atom stereocenters. The van der Waals surface area contributed by atoms with E-state index in [0.717, 1.165) is 30.6 Å². The molecule has 6 nitrogen and oxygen atoms in total. The second-order valence-electron chi connectivity index (χ2n) is 6.34. The number of nitrogens with one attached hydrogen (secondary N) is 2.